The zero-order valence-corrected chi connectivity index (χ0v) is 9.87. The van der Waals surface area contributed by atoms with E-state index in [1.54, 1.807) is 6.92 Å². The van der Waals surface area contributed by atoms with Crippen LogP contribution >= 0.6 is 0 Å². The van der Waals surface area contributed by atoms with Crippen LogP contribution in [0.15, 0.2) is 17.1 Å². The molecule has 0 bridgehead atoms. The van der Waals surface area contributed by atoms with E-state index in [2.05, 4.69) is 15.0 Å². The van der Waals surface area contributed by atoms with Crippen molar-refractivity contribution in [3.8, 4) is 0 Å². The highest BCUT2D eigenvalue weighted by Crippen LogP contribution is 1.94. The zero-order valence-electron chi connectivity index (χ0n) is 9.87. The minimum atomic E-state index is -0.798. The fourth-order valence-corrected chi connectivity index (χ4v) is 1.26. The van der Waals surface area contributed by atoms with E-state index >= 15 is 0 Å². The monoisotopic (exact) mass is 238 g/mol. The first-order valence-electron chi connectivity index (χ1n) is 5.03. The second kappa shape index (κ2) is 5.29. The van der Waals surface area contributed by atoms with Crippen molar-refractivity contribution in [1.82, 2.24) is 10.3 Å². The van der Waals surface area contributed by atoms with Crippen LogP contribution in [0.2, 0.25) is 0 Å². The largest absolute Gasteiger partial charge is 0.467 e. The minimum Gasteiger partial charge on any atom is -0.467 e. The molecule has 1 aromatic rings. The van der Waals surface area contributed by atoms with Crippen LogP contribution in [0.1, 0.15) is 23.0 Å². The summed E-state index contributed by atoms with van der Waals surface area (Å²) >= 11 is 0. The predicted octanol–water partition coefficient (Wildman–Crippen LogP) is -0.0254. The highest BCUT2D eigenvalue weighted by Gasteiger charge is 2.18. The molecule has 6 heteroatoms. The number of carbonyl (C=O) groups excluding carboxylic acids is 2. The van der Waals surface area contributed by atoms with E-state index in [0.29, 0.717) is 5.69 Å². The van der Waals surface area contributed by atoms with Crippen LogP contribution in [0, 0.1) is 6.92 Å². The quantitative estimate of drug-likeness (QED) is 0.724. The molecule has 1 amide bonds. The number of aromatic amines is 1. The molecule has 1 aromatic heterocycles. The van der Waals surface area contributed by atoms with Crippen LogP contribution in [0.4, 0.5) is 0 Å². The number of H-pyrrole nitrogens is 1. The Morgan fingerprint density at radius 1 is 1.47 bits per heavy atom. The molecule has 0 spiro atoms. The third-order valence-corrected chi connectivity index (χ3v) is 2.20. The Morgan fingerprint density at radius 3 is 2.65 bits per heavy atom. The molecule has 0 aliphatic carbocycles. The summed E-state index contributed by atoms with van der Waals surface area (Å²) in [6.07, 6.45) is 1.32. The van der Waals surface area contributed by atoms with Gasteiger partial charge in [-0.15, -0.1) is 0 Å². The maximum atomic E-state index is 11.7. The summed E-state index contributed by atoms with van der Waals surface area (Å²) in [6, 6.07) is 0.519. The normalized spacial score (nSPS) is 11.7. The minimum absolute atomic E-state index is 0.0358. The van der Waals surface area contributed by atoms with Gasteiger partial charge in [0.15, 0.2) is 5.43 Å². The molecule has 1 heterocycles. The van der Waals surface area contributed by atoms with Crippen molar-refractivity contribution in [2.75, 3.05) is 7.11 Å². The number of ether oxygens (including phenoxy) is 1. The van der Waals surface area contributed by atoms with Gasteiger partial charge >= 0.3 is 5.97 Å². The Labute approximate surface area is 98.0 Å². The third kappa shape index (κ3) is 3.17. The van der Waals surface area contributed by atoms with Crippen molar-refractivity contribution >= 4 is 11.9 Å². The summed E-state index contributed by atoms with van der Waals surface area (Å²) in [7, 11) is 1.23. The molecule has 1 rings (SSSR count). The highest BCUT2D eigenvalue weighted by molar-refractivity contribution is 5.96. The van der Waals surface area contributed by atoms with Gasteiger partial charge in [-0.25, -0.2) is 4.79 Å². The fourth-order valence-electron chi connectivity index (χ4n) is 1.26. The summed E-state index contributed by atoms with van der Waals surface area (Å²) in [5, 5.41) is 2.37. The average molecular weight is 238 g/mol. The van der Waals surface area contributed by atoms with E-state index in [9.17, 15) is 14.4 Å². The number of aryl methyl sites for hydroxylation is 1. The zero-order chi connectivity index (χ0) is 13.0. The van der Waals surface area contributed by atoms with E-state index in [-0.39, 0.29) is 5.56 Å². The molecule has 0 aromatic carbocycles. The van der Waals surface area contributed by atoms with Crippen molar-refractivity contribution < 1.29 is 14.3 Å². The number of esters is 1. The molecule has 0 aliphatic rings. The number of nitrogens with one attached hydrogen (secondary N) is 2. The van der Waals surface area contributed by atoms with E-state index in [4.69, 9.17) is 0 Å². The molecule has 17 heavy (non-hydrogen) atoms. The molecule has 0 saturated heterocycles. The van der Waals surface area contributed by atoms with Gasteiger partial charge in [-0.05, 0) is 13.8 Å². The van der Waals surface area contributed by atoms with Gasteiger partial charge in [0.05, 0.1) is 7.11 Å². The molecular weight excluding hydrogens is 224 g/mol. The number of aromatic nitrogens is 1. The Balaban J connectivity index is 2.84. The van der Waals surface area contributed by atoms with Crippen molar-refractivity contribution in [2.45, 2.75) is 19.9 Å². The Hall–Kier alpha value is -2.11. The molecule has 0 saturated carbocycles. The fraction of sp³-hybridized carbons (Fsp3) is 0.364. The lowest BCUT2D eigenvalue weighted by Gasteiger charge is -2.10. The maximum absolute atomic E-state index is 11.7. The van der Waals surface area contributed by atoms with Gasteiger partial charge in [0, 0.05) is 18.0 Å². The topological polar surface area (TPSA) is 88.3 Å². The maximum Gasteiger partial charge on any atom is 0.328 e. The van der Waals surface area contributed by atoms with Crippen LogP contribution in [0.25, 0.3) is 0 Å². The molecule has 0 radical (unpaired) electrons. The van der Waals surface area contributed by atoms with Crippen LogP contribution < -0.4 is 10.7 Å². The van der Waals surface area contributed by atoms with Crippen molar-refractivity contribution in [3.05, 3.63) is 33.7 Å². The highest BCUT2D eigenvalue weighted by atomic mass is 16.5. The smallest absolute Gasteiger partial charge is 0.328 e. The van der Waals surface area contributed by atoms with Gasteiger partial charge in [-0.2, -0.15) is 0 Å². The molecule has 1 unspecified atom stereocenters. The Bertz CT molecular complexity index is 492. The number of amides is 1. The first-order valence-corrected chi connectivity index (χ1v) is 5.03. The van der Waals surface area contributed by atoms with Gasteiger partial charge < -0.3 is 15.0 Å². The number of methoxy groups -OCH3 is 1. The lowest BCUT2D eigenvalue weighted by molar-refractivity contribution is -0.142. The molecule has 0 fully saturated rings. The van der Waals surface area contributed by atoms with Crippen molar-refractivity contribution in [3.63, 3.8) is 0 Å². The number of hydrogen-bond donors (Lipinski definition) is 2. The van der Waals surface area contributed by atoms with Crippen LogP contribution in [0.5, 0.6) is 0 Å². The Kier molecular flexibility index (Phi) is 4.03. The molecule has 6 nitrogen and oxygen atoms in total. The summed E-state index contributed by atoms with van der Waals surface area (Å²) < 4.78 is 4.46. The second-order valence-corrected chi connectivity index (χ2v) is 3.61. The first-order chi connectivity index (χ1) is 7.95. The summed E-state index contributed by atoms with van der Waals surface area (Å²) in [5.74, 6) is -1.17. The summed E-state index contributed by atoms with van der Waals surface area (Å²) in [5.41, 5.74) is 0.231. The number of pyridine rings is 1. The van der Waals surface area contributed by atoms with Gasteiger partial charge in [0.2, 0.25) is 0 Å². The summed E-state index contributed by atoms with van der Waals surface area (Å²) in [4.78, 5) is 37.0. The van der Waals surface area contributed by atoms with Crippen molar-refractivity contribution in [2.24, 2.45) is 0 Å². The first kappa shape index (κ1) is 13.0. The Morgan fingerprint density at radius 2 is 2.12 bits per heavy atom. The van der Waals surface area contributed by atoms with Gasteiger partial charge in [-0.1, -0.05) is 0 Å². The third-order valence-electron chi connectivity index (χ3n) is 2.20. The standard InChI is InChI=1S/C11H14N2O4/c1-6-4-9(14)8(5-12-6)10(15)13-7(2)11(16)17-3/h4-5,7H,1-3H3,(H,12,14)(H,13,15). The SMILES string of the molecule is COC(=O)C(C)NC(=O)c1c[nH]c(C)cc1=O. The lowest BCUT2D eigenvalue weighted by atomic mass is 10.2. The average Bonchev–Trinajstić information content (AvgIpc) is 2.27. The number of carbonyl (C=O) groups is 2. The molecule has 92 valence electrons. The molecule has 2 N–H and O–H groups in total. The van der Waals surface area contributed by atoms with Gasteiger partial charge in [0.25, 0.3) is 5.91 Å². The van der Waals surface area contributed by atoms with Gasteiger partial charge in [-0.3, -0.25) is 9.59 Å². The van der Waals surface area contributed by atoms with E-state index in [0.717, 1.165) is 0 Å². The van der Waals surface area contributed by atoms with E-state index in [1.165, 1.54) is 26.3 Å². The van der Waals surface area contributed by atoms with Gasteiger partial charge in [0.1, 0.15) is 11.6 Å². The summed E-state index contributed by atoms with van der Waals surface area (Å²) in [6.45, 7) is 3.19. The second-order valence-electron chi connectivity index (χ2n) is 3.61. The van der Waals surface area contributed by atoms with Crippen molar-refractivity contribution in [1.29, 1.82) is 0 Å². The number of rotatable bonds is 3. The molecule has 0 aliphatic heterocycles. The molecule has 1 atom stereocenters. The predicted molar refractivity (Wildman–Crippen MR) is 60.7 cm³/mol. The molecular formula is C11H14N2O4. The van der Waals surface area contributed by atoms with E-state index < -0.39 is 23.3 Å². The lowest BCUT2D eigenvalue weighted by Crippen LogP contribution is -2.40. The van der Waals surface area contributed by atoms with Crippen LogP contribution in [0.3, 0.4) is 0 Å². The van der Waals surface area contributed by atoms with Crippen LogP contribution in [-0.2, 0) is 9.53 Å². The number of hydrogen-bond acceptors (Lipinski definition) is 4. The van der Waals surface area contributed by atoms with E-state index in [1.807, 2.05) is 0 Å². The van der Waals surface area contributed by atoms with Crippen LogP contribution in [-0.4, -0.2) is 30.0 Å².